The van der Waals surface area contributed by atoms with E-state index in [0.717, 1.165) is 28.9 Å². The first-order chi connectivity index (χ1) is 20.1. The number of aromatic nitrogens is 1. The molecule has 218 valence electrons. The van der Waals surface area contributed by atoms with E-state index in [1.807, 2.05) is 19.1 Å². The lowest BCUT2D eigenvalue weighted by Gasteiger charge is -2.42. The summed E-state index contributed by atoms with van der Waals surface area (Å²) in [6.07, 6.45) is 3.23. The lowest BCUT2D eigenvalue weighted by Crippen LogP contribution is -2.61. The van der Waals surface area contributed by atoms with E-state index < -0.39 is 22.7 Å². The van der Waals surface area contributed by atoms with Crippen molar-refractivity contribution in [3.8, 4) is 11.6 Å². The number of nitrogen functional groups attached to an aromatic ring is 1. The second-order valence-electron chi connectivity index (χ2n) is 11.3. The fraction of sp³-hybridized carbons (Fsp3) is 0.355. The Balaban J connectivity index is 1.33. The number of thioether (sulfide) groups is 1. The quantitative estimate of drug-likeness (QED) is 0.329. The SMILES string of the molecule is CC(=O)N1CCCC(NC(=O)C2Sc3c(N)ccc4c3C2C(N)C(=O)C4(N)c2ccc(Oc3ccccn3)cc2C)C1. The number of ketones is 1. The number of nitrogens with two attached hydrogens (primary N) is 3. The first-order valence-electron chi connectivity index (χ1n) is 14.0. The molecule has 3 aromatic rings. The molecule has 42 heavy (non-hydrogen) atoms. The van der Waals surface area contributed by atoms with E-state index in [2.05, 4.69) is 10.3 Å². The monoisotopic (exact) mass is 586 g/mol. The van der Waals surface area contributed by atoms with E-state index in [0.29, 0.717) is 41.5 Å². The maximum atomic E-state index is 14.2. The topological polar surface area (TPSA) is 167 Å². The Hall–Kier alpha value is -3.93. The number of likely N-dealkylation sites (tertiary alicyclic amines) is 1. The summed E-state index contributed by atoms with van der Waals surface area (Å²) in [6.45, 7) is 4.55. The molecule has 11 heteroatoms. The number of rotatable bonds is 5. The van der Waals surface area contributed by atoms with Crippen LogP contribution in [0, 0.1) is 6.92 Å². The molecule has 0 saturated carbocycles. The minimum absolute atomic E-state index is 0.0141. The molecule has 2 aromatic carbocycles. The van der Waals surface area contributed by atoms with Gasteiger partial charge in [0.2, 0.25) is 17.7 Å². The van der Waals surface area contributed by atoms with Crippen molar-refractivity contribution in [3.05, 3.63) is 77.0 Å². The number of nitrogens with one attached hydrogen (secondary N) is 1. The Bertz CT molecular complexity index is 1580. The predicted molar refractivity (Wildman–Crippen MR) is 160 cm³/mol. The number of amides is 2. The molecule has 0 bridgehead atoms. The highest BCUT2D eigenvalue weighted by atomic mass is 32.2. The lowest BCUT2D eigenvalue weighted by atomic mass is 9.64. The van der Waals surface area contributed by atoms with Gasteiger partial charge in [-0.05, 0) is 66.3 Å². The summed E-state index contributed by atoms with van der Waals surface area (Å²) >= 11 is 1.33. The first-order valence-corrected chi connectivity index (χ1v) is 14.9. The van der Waals surface area contributed by atoms with Crippen LogP contribution in [-0.2, 0) is 19.9 Å². The van der Waals surface area contributed by atoms with Crippen LogP contribution in [0.5, 0.6) is 11.6 Å². The van der Waals surface area contributed by atoms with Gasteiger partial charge in [-0.15, -0.1) is 11.8 Å². The van der Waals surface area contributed by atoms with Gasteiger partial charge in [-0.25, -0.2) is 4.98 Å². The summed E-state index contributed by atoms with van der Waals surface area (Å²) in [7, 11) is 0. The van der Waals surface area contributed by atoms with Crippen LogP contribution < -0.4 is 27.3 Å². The zero-order valence-electron chi connectivity index (χ0n) is 23.5. The highest BCUT2D eigenvalue weighted by molar-refractivity contribution is 8.01. The molecule has 0 radical (unpaired) electrons. The summed E-state index contributed by atoms with van der Waals surface area (Å²) in [4.78, 5) is 46.5. The standard InChI is InChI=1S/C31H34N6O4S/c1-16-14-19(41-23-7-3-4-12-35-23)8-9-20(16)31(34)21-10-11-22(32)27-24(21)25(26(33)29(31)39)28(42-27)30(40)36-18-6-5-13-37(15-18)17(2)38/h3-4,7-12,14,18,25-26,28H,5-6,13,15,32-34H2,1-2H3,(H,36,40). The Morgan fingerprint density at radius 2 is 1.95 bits per heavy atom. The maximum Gasteiger partial charge on any atom is 0.234 e. The van der Waals surface area contributed by atoms with Gasteiger partial charge >= 0.3 is 0 Å². The summed E-state index contributed by atoms with van der Waals surface area (Å²) in [6, 6.07) is 13.1. The van der Waals surface area contributed by atoms with Crippen molar-refractivity contribution < 1.29 is 19.1 Å². The molecule has 5 unspecified atom stereocenters. The summed E-state index contributed by atoms with van der Waals surface area (Å²) in [5.41, 5.74) is 21.9. The summed E-state index contributed by atoms with van der Waals surface area (Å²) < 4.78 is 5.89. The van der Waals surface area contributed by atoms with Crippen molar-refractivity contribution in [1.29, 1.82) is 0 Å². The van der Waals surface area contributed by atoms with Crippen molar-refractivity contribution in [2.75, 3.05) is 18.8 Å². The number of carbonyl (C=O) groups is 3. The summed E-state index contributed by atoms with van der Waals surface area (Å²) in [5.74, 6) is -0.178. The number of ether oxygens (including phenoxy) is 1. The molecule has 1 saturated heterocycles. The van der Waals surface area contributed by atoms with Gasteiger partial charge in [0.05, 0.1) is 11.3 Å². The van der Waals surface area contributed by atoms with Gasteiger partial charge in [-0.1, -0.05) is 18.2 Å². The molecule has 10 nitrogen and oxygen atoms in total. The Labute approximate surface area is 248 Å². The highest BCUT2D eigenvalue weighted by Crippen LogP contribution is 2.56. The number of benzene rings is 2. The molecule has 6 rings (SSSR count). The molecule has 3 aliphatic rings. The smallest absolute Gasteiger partial charge is 0.234 e. The first kappa shape index (κ1) is 28.2. The van der Waals surface area contributed by atoms with Gasteiger partial charge in [0.15, 0.2) is 5.78 Å². The zero-order valence-corrected chi connectivity index (χ0v) is 24.3. The molecule has 1 aromatic heterocycles. The third kappa shape index (κ3) is 4.61. The second-order valence-corrected chi connectivity index (χ2v) is 12.4. The number of Topliss-reactive ketones (excluding diaryl/α,β-unsaturated/α-hetero) is 1. The van der Waals surface area contributed by atoms with Crippen LogP contribution in [0.2, 0.25) is 0 Å². The Morgan fingerprint density at radius 3 is 2.67 bits per heavy atom. The molecule has 1 fully saturated rings. The van der Waals surface area contributed by atoms with Gasteiger partial charge in [0, 0.05) is 54.8 Å². The van der Waals surface area contributed by atoms with Crippen LogP contribution in [0.15, 0.2) is 59.6 Å². The number of piperidine rings is 1. The number of anilines is 1. The largest absolute Gasteiger partial charge is 0.439 e. The van der Waals surface area contributed by atoms with Gasteiger partial charge in [-0.3, -0.25) is 14.4 Å². The third-order valence-electron chi connectivity index (χ3n) is 8.59. The molecule has 3 heterocycles. The fourth-order valence-electron chi connectivity index (χ4n) is 6.53. The van der Waals surface area contributed by atoms with E-state index in [1.165, 1.54) is 18.7 Å². The molecular formula is C31H34N6O4S. The van der Waals surface area contributed by atoms with Crippen LogP contribution in [0.3, 0.4) is 0 Å². The average Bonchev–Trinajstić information content (AvgIpc) is 3.38. The normalized spacial score (nSPS) is 26.5. The minimum atomic E-state index is -1.54. The number of pyridine rings is 1. The molecule has 2 aliphatic heterocycles. The van der Waals surface area contributed by atoms with Gasteiger partial charge < -0.3 is 32.2 Å². The number of aryl methyl sites for hydroxylation is 1. The van der Waals surface area contributed by atoms with E-state index in [1.54, 1.807) is 47.5 Å². The molecule has 5 atom stereocenters. The van der Waals surface area contributed by atoms with Crippen molar-refractivity contribution in [3.63, 3.8) is 0 Å². The van der Waals surface area contributed by atoms with E-state index in [9.17, 15) is 14.4 Å². The lowest BCUT2D eigenvalue weighted by molar-refractivity contribution is -0.131. The Kier molecular flexibility index (Phi) is 7.20. The number of nitrogens with zero attached hydrogens (tertiary/aromatic N) is 2. The van der Waals surface area contributed by atoms with Crippen LogP contribution in [0.1, 0.15) is 47.9 Å². The molecule has 1 aliphatic carbocycles. The third-order valence-corrected chi connectivity index (χ3v) is 10.0. The molecule has 2 amide bonds. The van der Waals surface area contributed by atoms with Gasteiger partial charge in [-0.2, -0.15) is 0 Å². The Morgan fingerprint density at radius 1 is 1.17 bits per heavy atom. The van der Waals surface area contributed by atoms with Crippen LogP contribution in [-0.4, -0.2) is 57.9 Å². The molecule has 0 spiro atoms. The predicted octanol–water partition coefficient (Wildman–Crippen LogP) is 2.56. The molecular weight excluding hydrogens is 552 g/mol. The van der Waals surface area contributed by atoms with Gasteiger partial charge in [0.1, 0.15) is 11.3 Å². The number of hydrogen-bond acceptors (Lipinski definition) is 9. The average molecular weight is 587 g/mol. The van der Waals surface area contributed by atoms with Gasteiger partial charge in [0.25, 0.3) is 0 Å². The van der Waals surface area contributed by atoms with Crippen molar-refractivity contribution in [2.45, 2.75) is 60.4 Å². The zero-order chi connectivity index (χ0) is 29.8. The fourth-order valence-corrected chi connectivity index (χ4v) is 7.99. The maximum absolute atomic E-state index is 14.2. The minimum Gasteiger partial charge on any atom is -0.439 e. The van der Waals surface area contributed by atoms with Crippen molar-refractivity contribution >= 4 is 35.0 Å². The van der Waals surface area contributed by atoms with Crippen molar-refractivity contribution in [2.24, 2.45) is 11.5 Å². The highest BCUT2D eigenvalue weighted by Gasteiger charge is 2.57. The van der Waals surface area contributed by atoms with Crippen molar-refractivity contribution in [1.82, 2.24) is 15.2 Å². The van der Waals surface area contributed by atoms with E-state index >= 15 is 0 Å². The van der Waals surface area contributed by atoms with Crippen LogP contribution in [0.4, 0.5) is 5.69 Å². The second kappa shape index (κ2) is 10.7. The van der Waals surface area contributed by atoms with Crippen LogP contribution in [0.25, 0.3) is 0 Å². The van der Waals surface area contributed by atoms with E-state index in [4.69, 9.17) is 21.9 Å². The van der Waals surface area contributed by atoms with Crippen LogP contribution >= 0.6 is 11.8 Å². The number of hydrogen-bond donors (Lipinski definition) is 4. The van der Waals surface area contributed by atoms with E-state index in [-0.39, 0.29) is 23.6 Å². The summed E-state index contributed by atoms with van der Waals surface area (Å²) in [5, 5.41) is 2.46. The number of carbonyl (C=O) groups excluding carboxylic acids is 3. The molecule has 7 N–H and O–H groups in total.